The number of rotatable bonds is 3. The van der Waals surface area contributed by atoms with E-state index in [1.807, 2.05) is 0 Å². The summed E-state index contributed by atoms with van der Waals surface area (Å²) in [5.74, 6) is -0.438. The second-order valence-corrected chi connectivity index (χ2v) is 3.20. The van der Waals surface area contributed by atoms with Crippen molar-refractivity contribution in [1.29, 1.82) is 0 Å². The van der Waals surface area contributed by atoms with Crippen LogP contribution >= 0.6 is 24.0 Å². The first-order valence-corrected chi connectivity index (χ1v) is 4.44. The fourth-order valence-corrected chi connectivity index (χ4v) is 1.41. The van der Waals surface area contributed by atoms with Crippen molar-refractivity contribution in [3.05, 3.63) is 34.6 Å². The second kappa shape index (κ2) is 6.19. The van der Waals surface area contributed by atoms with Crippen LogP contribution in [0.1, 0.15) is 18.0 Å². The Morgan fingerprint density at radius 3 is 2.64 bits per heavy atom. The number of nitrogens with two attached hydrogens (primary N) is 2. The summed E-state index contributed by atoms with van der Waals surface area (Å²) in [6, 6.07) is 4.33. The average Bonchev–Trinajstić information content (AvgIpc) is 2.10. The molecule has 1 aromatic rings. The molecular formula is C9H13Cl2FN2. The van der Waals surface area contributed by atoms with Gasteiger partial charge in [0.2, 0.25) is 0 Å². The normalized spacial score (nSPS) is 12.0. The third kappa shape index (κ3) is 3.10. The lowest BCUT2D eigenvalue weighted by Crippen LogP contribution is -2.15. The van der Waals surface area contributed by atoms with Crippen LogP contribution in [-0.4, -0.2) is 6.54 Å². The molecule has 1 rings (SSSR count). The van der Waals surface area contributed by atoms with Gasteiger partial charge in [-0.15, -0.1) is 12.4 Å². The molecule has 0 radical (unpaired) electrons. The molecule has 0 saturated carbocycles. The van der Waals surface area contributed by atoms with Gasteiger partial charge in [0, 0.05) is 6.04 Å². The monoisotopic (exact) mass is 238 g/mol. The number of benzene rings is 1. The van der Waals surface area contributed by atoms with Gasteiger partial charge in [-0.2, -0.15) is 0 Å². The molecule has 5 heteroatoms. The molecule has 14 heavy (non-hydrogen) atoms. The van der Waals surface area contributed by atoms with Gasteiger partial charge < -0.3 is 11.5 Å². The maximum atomic E-state index is 13.0. The molecule has 2 nitrogen and oxygen atoms in total. The highest BCUT2D eigenvalue weighted by molar-refractivity contribution is 6.31. The van der Waals surface area contributed by atoms with Crippen molar-refractivity contribution in [2.24, 2.45) is 11.5 Å². The minimum Gasteiger partial charge on any atom is -0.330 e. The van der Waals surface area contributed by atoms with Gasteiger partial charge in [0.15, 0.2) is 0 Å². The standard InChI is InChI=1S/C9H12ClFN2.ClH/c10-9-6(8(13)4-5-12)2-1-3-7(9)11;/h1-3,8H,4-5,12-13H2;1H/t8-;/m1./s1. The fourth-order valence-electron chi connectivity index (χ4n) is 1.14. The van der Waals surface area contributed by atoms with Gasteiger partial charge in [-0.3, -0.25) is 0 Å². The maximum Gasteiger partial charge on any atom is 0.142 e. The van der Waals surface area contributed by atoms with Crippen LogP contribution < -0.4 is 11.5 Å². The van der Waals surface area contributed by atoms with Crippen molar-refractivity contribution in [2.75, 3.05) is 6.54 Å². The molecule has 0 saturated heterocycles. The molecule has 80 valence electrons. The molecule has 0 fully saturated rings. The van der Waals surface area contributed by atoms with E-state index in [-0.39, 0.29) is 23.5 Å². The van der Waals surface area contributed by atoms with E-state index in [4.69, 9.17) is 23.1 Å². The van der Waals surface area contributed by atoms with Crippen molar-refractivity contribution in [2.45, 2.75) is 12.5 Å². The van der Waals surface area contributed by atoms with Crippen LogP contribution in [0.25, 0.3) is 0 Å². The predicted molar refractivity (Wildman–Crippen MR) is 59.3 cm³/mol. The van der Waals surface area contributed by atoms with Gasteiger partial charge in [-0.25, -0.2) is 4.39 Å². The molecule has 1 atom stereocenters. The first-order valence-electron chi connectivity index (χ1n) is 4.06. The van der Waals surface area contributed by atoms with E-state index in [9.17, 15) is 4.39 Å². The van der Waals surface area contributed by atoms with Gasteiger partial charge >= 0.3 is 0 Å². The minimum absolute atomic E-state index is 0. The zero-order valence-electron chi connectivity index (χ0n) is 7.54. The molecular weight excluding hydrogens is 226 g/mol. The second-order valence-electron chi connectivity index (χ2n) is 2.83. The average molecular weight is 239 g/mol. The van der Waals surface area contributed by atoms with E-state index < -0.39 is 5.82 Å². The third-order valence-electron chi connectivity index (χ3n) is 1.86. The number of hydrogen-bond donors (Lipinski definition) is 2. The summed E-state index contributed by atoms with van der Waals surface area (Å²) in [7, 11) is 0. The molecule has 0 bridgehead atoms. The quantitative estimate of drug-likeness (QED) is 0.849. The zero-order valence-corrected chi connectivity index (χ0v) is 9.11. The number of hydrogen-bond acceptors (Lipinski definition) is 2. The maximum absolute atomic E-state index is 13.0. The van der Waals surface area contributed by atoms with Crippen LogP contribution in [0.4, 0.5) is 4.39 Å². The Morgan fingerprint density at radius 2 is 2.07 bits per heavy atom. The summed E-state index contributed by atoms with van der Waals surface area (Å²) >= 11 is 5.73. The van der Waals surface area contributed by atoms with Gasteiger partial charge in [0.25, 0.3) is 0 Å². The van der Waals surface area contributed by atoms with Crippen molar-refractivity contribution in [3.8, 4) is 0 Å². The first-order chi connectivity index (χ1) is 6.16. The third-order valence-corrected chi connectivity index (χ3v) is 2.26. The summed E-state index contributed by atoms with van der Waals surface area (Å²) in [5.41, 5.74) is 11.7. The molecule has 4 N–H and O–H groups in total. The Bertz CT molecular complexity index is 294. The van der Waals surface area contributed by atoms with Crippen LogP contribution in [0.3, 0.4) is 0 Å². The summed E-state index contributed by atoms with van der Waals surface area (Å²) in [4.78, 5) is 0. The lowest BCUT2D eigenvalue weighted by molar-refractivity contribution is 0.612. The van der Waals surface area contributed by atoms with Crippen LogP contribution in [-0.2, 0) is 0 Å². The summed E-state index contributed by atoms with van der Waals surface area (Å²) in [6.07, 6.45) is 0.600. The Balaban J connectivity index is 0.00000169. The fraction of sp³-hybridized carbons (Fsp3) is 0.333. The van der Waals surface area contributed by atoms with Crippen LogP contribution in [0.2, 0.25) is 5.02 Å². The molecule has 1 aromatic carbocycles. The Morgan fingerprint density at radius 1 is 1.43 bits per heavy atom. The smallest absolute Gasteiger partial charge is 0.142 e. The van der Waals surface area contributed by atoms with Gasteiger partial charge in [-0.1, -0.05) is 23.7 Å². The van der Waals surface area contributed by atoms with Gasteiger partial charge in [0.05, 0.1) is 5.02 Å². The van der Waals surface area contributed by atoms with Crippen molar-refractivity contribution in [1.82, 2.24) is 0 Å². The molecule has 0 aromatic heterocycles. The van der Waals surface area contributed by atoms with Crippen molar-refractivity contribution < 1.29 is 4.39 Å². The van der Waals surface area contributed by atoms with Crippen molar-refractivity contribution >= 4 is 24.0 Å². The molecule has 0 unspecified atom stereocenters. The highest BCUT2D eigenvalue weighted by atomic mass is 35.5. The molecule has 0 aliphatic heterocycles. The highest BCUT2D eigenvalue weighted by Gasteiger charge is 2.11. The van der Waals surface area contributed by atoms with Gasteiger partial charge in [-0.05, 0) is 24.6 Å². The Hall–Kier alpha value is -0.350. The topological polar surface area (TPSA) is 52.0 Å². The van der Waals surface area contributed by atoms with Crippen LogP contribution in [0.5, 0.6) is 0 Å². The molecule has 0 aliphatic rings. The summed E-state index contributed by atoms with van der Waals surface area (Å²) < 4.78 is 13.0. The zero-order chi connectivity index (χ0) is 9.84. The highest BCUT2D eigenvalue weighted by Crippen LogP contribution is 2.25. The summed E-state index contributed by atoms with van der Waals surface area (Å²) in [6.45, 7) is 0.466. The van der Waals surface area contributed by atoms with Crippen LogP contribution in [0, 0.1) is 5.82 Å². The molecule has 0 heterocycles. The van der Waals surface area contributed by atoms with E-state index in [1.165, 1.54) is 6.07 Å². The van der Waals surface area contributed by atoms with Gasteiger partial charge in [0.1, 0.15) is 5.82 Å². The lowest BCUT2D eigenvalue weighted by atomic mass is 10.0. The van der Waals surface area contributed by atoms with Crippen molar-refractivity contribution in [3.63, 3.8) is 0 Å². The largest absolute Gasteiger partial charge is 0.330 e. The molecule has 0 spiro atoms. The SMILES string of the molecule is Cl.NCC[C@@H](N)c1cccc(F)c1Cl. The minimum atomic E-state index is -0.438. The van der Waals surface area contributed by atoms with E-state index in [1.54, 1.807) is 12.1 Å². The Kier molecular flexibility index (Phi) is 6.04. The van der Waals surface area contributed by atoms with E-state index in [2.05, 4.69) is 0 Å². The molecule has 0 aliphatic carbocycles. The summed E-state index contributed by atoms with van der Waals surface area (Å²) in [5, 5.41) is 0.100. The van der Waals surface area contributed by atoms with E-state index >= 15 is 0 Å². The van der Waals surface area contributed by atoms with Crippen LogP contribution in [0.15, 0.2) is 18.2 Å². The number of halogens is 3. The predicted octanol–water partition coefficient (Wildman–Crippen LogP) is 2.25. The van der Waals surface area contributed by atoms with E-state index in [0.717, 1.165) is 0 Å². The molecule has 0 amide bonds. The Labute approximate surface area is 93.8 Å². The van der Waals surface area contributed by atoms with E-state index in [0.29, 0.717) is 18.5 Å². The lowest BCUT2D eigenvalue weighted by Gasteiger charge is -2.12. The first kappa shape index (κ1) is 13.7.